The average molecular weight is 817 g/mol. The van der Waals surface area contributed by atoms with E-state index < -0.39 is 0 Å². The van der Waals surface area contributed by atoms with Crippen molar-refractivity contribution in [1.82, 2.24) is 0 Å². The fourth-order valence-electron chi connectivity index (χ4n) is 10.1. The van der Waals surface area contributed by atoms with Gasteiger partial charge in [-0.3, -0.25) is 4.90 Å². The van der Waals surface area contributed by atoms with Crippen LogP contribution in [0.4, 0.5) is 34.3 Å². The Morgan fingerprint density at radius 2 is 1.08 bits per heavy atom. The lowest BCUT2D eigenvalue weighted by Gasteiger charge is -2.44. The molecule has 0 saturated heterocycles. The summed E-state index contributed by atoms with van der Waals surface area (Å²) in [6.07, 6.45) is 0. The Hall–Kier alpha value is -5.52. The largest absolute Gasteiger partial charge is 0.440 e. The summed E-state index contributed by atoms with van der Waals surface area (Å²) in [5, 5.41) is 2.48. The number of hydrogen-bond acceptors (Lipinski definition) is 4. The number of rotatable bonds is 3. The molecule has 0 N–H and O–H groups in total. The molecule has 61 heavy (non-hydrogen) atoms. The maximum Gasteiger partial charge on any atom is 0.257 e. The van der Waals surface area contributed by atoms with Crippen molar-refractivity contribution in [2.75, 3.05) is 9.80 Å². The Bertz CT molecular complexity index is 3030. The van der Waals surface area contributed by atoms with Crippen LogP contribution in [-0.2, 0) is 16.2 Å². The average Bonchev–Trinajstić information content (AvgIpc) is 3.79. The summed E-state index contributed by atoms with van der Waals surface area (Å²) in [7, 11) is 0. The highest BCUT2D eigenvalue weighted by molar-refractivity contribution is 7.22. The molecule has 2 aromatic heterocycles. The fourth-order valence-corrected chi connectivity index (χ4v) is 11.2. The highest BCUT2D eigenvalue weighted by atomic mass is 32.1. The predicted octanol–water partition coefficient (Wildman–Crippen LogP) is 14.5. The lowest BCUT2D eigenvalue weighted by Crippen LogP contribution is -2.61. The van der Waals surface area contributed by atoms with Crippen molar-refractivity contribution < 1.29 is 4.42 Å². The van der Waals surface area contributed by atoms with Gasteiger partial charge >= 0.3 is 0 Å². The molecule has 0 bridgehead atoms. The molecule has 0 aliphatic carbocycles. The van der Waals surface area contributed by atoms with Crippen LogP contribution in [0.15, 0.2) is 114 Å². The molecule has 0 amide bonds. The van der Waals surface area contributed by atoms with Gasteiger partial charge in [0.05, 0.1) is 11.4 Å². The van der Waals surface area contributed by atoms with Crippen LogP contribution in [0.2, 0.25) is 0 Å². The first kappa shape index (κ1) is 39.6. The Kier molecular flexibility index (Phi) is 8.76. The second-order valence-corrected chi connectivity index (χ2v) is 22.0. The van der Waals surface area contributed by atoms with Crippen molar-refractivity contribution in [1.29, 1.82) is 0 Å². The smallest absolute Gasteiger partial charge is 0.257 e. The maximum absolute atomic E-state index is 7.24. The van der Waals surface area contributed by atoms with Gasteiger partial charge in [0.1, 0.15) is 5.58 Å². The highest BCUT2D eigenvalue weighted by Crippen LogP contribution is 2.50. The van der Waals surface area contributed by atoms with Crippen LogP contribution in [0.25, 0.3) is 31.5 Å². The summed E-state index contributed by atoms with van der Waals surface area (Å²) in [6, 6.07) is 41.9. The standard InChI is InChI=1S/C56H57BN2OS/c1-32-25-39(55(8,9)10)26-33(2)51(32)58-43-18-16-19-44-50(43)57(42-23-21-37(29-45(42)58)48-30-36-17-14-15-20-47(36)61-48)49-41-31-38(54(5,6)7)22-24-46(41)60-53(49)59(44)52-34(3)27-40(28-35(52)4)56(11,12)13/h14-31H,1-13H3. The zero-order chi connectivity index (χ0) is 43.1. The first-order chi connectivity index (χ1) is 28.8. The second-order valence-electron chi connectivity index (χ2n) is 20.9. The molecule has 3 nitrogen and oxygen atoms in total. The van der Waals surface area contributed by atoms with E-state index in [1.807, 2.05) is 11.3 Å². The van der Waals surface area contributed by atoms with Gasteiger partial charge < -0.3 is 9.32 Å². The van der Waals surface area contributed by atoms with Gasteiger partial charge in [0, 0.05) is 37.5 Å². The molecule has 0 radical (unpaired) electrons. The molecule has 5 heteroatoms. The van der Waals surface area contributed by atoms with Gasteiger partial charge in [-0.2, -0.15) is 0 Å². The van der Waals surface area contributed by atoms with Crippen LogP contribution in [0.3, 0.4) is 0 Å². The van der Waals surface area contributed by atoms with Gasteiger partial charge in [-0.15, -0.1) is 11.3 Å². The molecule has 306 valence electrons. The van der Waals surface area contributed by atoms with Gasteiger partial charge in [0.25, 0.3) is 6.71 Å². The monoisotopic (exact) mass is 816 g/mol. The van der Waals surface area contributed by atoms with E-state index in [2.05, 4.69) is 209 Å². The van der Waals surface area contributed by atoms with Gasteiger partial charge in [-0.05, 0) is 147 Å². The molecule has 6 aromatic carbocycles. The summed E-state index contributed by atoms with van der Waals surface area (Å²) in [4.78, 5) is 6.35. The molecule has 0 atom stereocenters. The minimum Gasteiger partial charge on any atom is -0.440 e. The molecule has 2 aliphatic heterocycles. The van der Waals surface area contributed by atoms with E-state index >= 15 is 0 Å². The number of nitrogens with zero attached hydrogens (tertiary/aromatic N) is 2. The Labute approximate surface area is 367 Å². The van der Waals surface area contributed by atoms with Crippen molar-refractivity contribution in [2.45, 2.75) is 106 Å². The van der Waals surface area contributed by atoms with E-state index in [0.717, 1.165) is 11.5 Å². The molecule has 0 spiro atoms. The van der Waals surface area contributed by atoms with E-state index in [9.17, 15) is 0 Å². The number of thiophene rings is 1. The van der Waals surface area contributed by atoms with Crippen LogP contribution in [0.5, 0.6) is 0 Å². The number of aryl methyl sites for hydroxylation is 4. The SMILES string of the molecule is Cc1cc(C(C)(C)C)cc(C)c1N1c2cc(-c3cc4ccccc4s3)ccc2B2c3c1cccc3N(c1c(C)cc(C(C)(C)C)cc1C)c1oc3ccc(C(C)(C)C)cc3c12. The molecule has 0 fully saturated rings. The molecule has 10 rings (SSSR count). The zero-order valence-electron chi connectivity index (χ0n) is 38.2. The third-order valence-electron chi connectivity index (χ3n) is 13.3. The predicted molar refractivity (Wildman–Crippen MR) is 266 cm³/mol. The van der Waals surface area contributed by atoms with E-state index in [-0.39, 0.29) is 23.0 Å². The second kappa shape index (κ2) is 13.5. The first-order valence-electron chi connectivity index (χ1n) is 22.0. The zero-order valence-corrected chi connectivity index (χ0v) is 39.0. The lowest BCUT2D eigenvalue weighted by molar-refractivity contribution is 0.588. The Morgan fingerprint density at radius 1 is 0.508 bits per heavy atom. The summed E-state index contributed by atoms with van der Waals surface area (Å²) in [6.45, 7) is 29.9. The maximum atomic E-state index is 7.24. The van der Waals surface area contributed by atoms with Gasteiger partial charge in [-0.25, -0.2) is 0 Å². The lowest BCUT2D eigenvalue weighted by atomic mass is 9.33. The minimum atomic E-state index is -0.0550. The molecular formula is C56H57BN2OS. The third kappa shape index (κ3) is 6.21. The summed E-state index contributed by atoms with van der Waals surface area (Å²) < 4.78 is 8.55. The van der Waals surface area contributed by atoms with Crippen molar-refractivity contribution >= 4 is 89.8 Å². The molecular weight excluding hydrogens is 760 g/mol. The van der Waals surface area contributed by atoms with Gasteiger partial charge in [0.15, 0.2) is 0 Å². The quantitative estimate of drug-likeness (QED) is 0.166. The van der Waals surface area contributed by atoms with Crippen LogP contribution in [0.1, 0.15) is 101 Å². The van der Waals surface area contributed by atoms with Crippen LogP contribution >= 0.6 is 11.3 Å². The summed E-state index contributed by atoms with van der Waals surface area (Å²) in [5.74, 6) is 0.917. The molecule has 0 saturated carbocycles. The fraction of sp³-hybridized carbons (Fsp3) is 0.286. The topological polar surface area (TPSA) is 19.6 Å². The van der Waals surface area contributed by atoms with Crippen molar-refractivity contribution in [2.24, 2.45) is 0 Å². The normalized spacial score (nSPS) is 13.9. The van der Waals surface area contributed by atoms with E-state index in [1.54, 1.807) is 0 Å². The van der Waals surface area contributed by atoms with Gasteiger partial charge in [0.2, 0.25) is 5.88 Å². The van der Waals surface area contributed by atoms with E-state index in [0.29, 0.717) is 0 Å². The molecule has 8 aromatic rings. The van der Waals surface area contributed by atoms with Crippen LogP contribution < -0.4 is 26.2 Å². The number of benzene rings is 6. The van der Waals surface area contributed by atoms with Crippen molar-refractivity contribution in [3.8, 4) is 10.4 Å². The van der Waals surface area contributed by atoms with Crippen LogP contribution in [0, 0.1) is 27.7 Å². The molecule has 4 heterocycles. The van der Waals surface area contributed by atoms with Crippen LogP contribution in [-0.4, -0.2) is 6.71 Å². The van der Waals surface area contributed by atoms with E-state index in [4.69, 9.17) is 4.42 Å². The minimum absolute atomic E-state index is 0.0258. The number of hydrogen-bond donors (Lipinski definition) is 0. The first-order valence-corrected chi connectivity index (χ1v) is 22.8. The number of anilines is 6. The Balaban J connectivity index is 1.32. The van der Waals surface area contributed by atoms with E-state index in [1.165, 1.54) is 110 Å². The van der Waals surface area contributed by atoms with Crippen molar-refractivity contribution in [3.05, 3.63) is 148 Å². The number of furan rings is 1. The molecule has 0 unspecified atom stereocenters. The third-order valence-corrected chi connectivity index (χ3v) is 14.5. The number of fused-ring (bicyclic) bond motifs is 7. The highest BCUT2D eigenvalue weighted by Gasteiger charge is 2.47. The summed E-state index contributed by atoms with van der Waals surface area (Å²) in [5.41, 5.74) is 21.2. The Morgan fingerprint density at radius 3 is 1.67 bits per heavy atom. The summed E-state index contributed by atoms with van der Waals surface area (Å²) >= 11 is 1.87. The van der Waals surface area contributed by atoms with Crippen molar-refractivity contribution in [3.63, 3.8) is 0 Å². The van der Waals surface area contributed by atoms with Gasteiger partial charge in [-0.1, -0.05) is 129 Å². The molecule has 2 aliphatic rings.